The third kappa shape index (κ3) is 4.39. The van der Waals surface area contributed by atoms with Crippen molar-refractivity contribution in [3.8, 4) is 22.1 Å². The van der Waals surface area contributed by atoms with Crippen LogP contribution in [0.3, 0.4) is 0 Å². The van der Waals surface area contributed by atoms with Gasteiger partial charge in [-0.25, -0.2) is 15.0 Å². The normalized spacial score (nSPS) is 13.0. The highest BCUT2D eigenvalue weighted by atomic mass is 32.1. The van der Waals surface area contributed by atoms with Gasteiger partial charge in [-0.3, -0.25) is 4.79 Å². The molecule has 1 amide bonds. The minimum absolute atomic E-state index is 0.348. The molecule has 3 N–H and O–H groups in total. The van der Waals surface area contributed by atoms with Gasteiger partial charge < -0.3 is 15.8 Å². The summed E-state index contributed by atoms with van der Waals surface area (Å²) in [5.41, 5.74) is 7.50. The van der Waals surface area contributed by atoms with Gasteiger partial charge in [0.1, 0.15) is 28.1 Å². The van der Waals surface area contributed by atoms with E-state index in [2.05, 4.69) is 15.3 Å². The smallest absolute Gasteiger partial charge is 0.250 e. The Morgan fingerprint density at radius 1 is 1.06 bits per heavy atom. The Labute approximate surface area is 183 Å². The fraction of sp³-hybridized carbons (Fsp3) is 0.130. The standard InChI is InChI=1S/C23H19N5O2S/c24-21(29)16-8-9-18(26-13-16)27-19-12-17(10-11-25-19)30-23-20(14-4-2-1-3-5-14)28-22(31-23)15-6-7-15/h1-5,8-13,15H,6-7H2,(H2,24,29)(H,25,26,27). The van der Waals surface area contributed by atoms with Crippen molar-refractivity contribution in [1.82, 2.24) is 15.0 Å². The van der Waals surface area contributed by atoms with Crippen LogP contribution in [0.25, 0.3) is 11.3 Å². The lowest BCUT2D eigenvalue weighted by molar-refractivity contribution is 0.1000. The van der Waals surface area contributed by atoms with E-state index in [0.717, 1.165) is 21.3 Å². The lowest BCUT2D eigenvalue weighted by atomic mass is 10.2. The number of thiazole rings is 1. The van der Waals surface area contributed by atoms with Gasteiger partial charge in [-0.2, -0.15) is 0 Å². The summed E-state index contributed by atoms with van der Waals surface area (Å²) in [4.78, 5) is 24.6. The van der Waals surface area contributed by atoms with Crippen LogP contribution in [-0.4, -0.2) is 20.9 Å². The second-order valence-electron chi connectivity index (χ2n) is 7.23. The van der Waals surface area contributed by atoms with E-state index in [1.54, 1.807) is 41.8 Å². The van der Waals surface area contributed by atoms with Crippen molar-refractivity contribution in [3.63, 3.8) is 0 Å². The maximum atomic E-state index is 11.2. The zero-order valence-electron chi connectivity index (χ0n) is 16.5. The number of hydrogen-bond acceptors (Lipinski definition) is 7. The van der Waals surface area contributed by atoms with Crippen molar-refractivity contribution in [2.24, 2.45) is 5.73 Å². The number of nitrogens with two attached hydrogens (primary N) is 1. The number of benzene rings is 1. The molecule has 0 unspecified atom stereocenters. The maximum Gasteiger partial charge on any atom is 0.250 e. The average molecular weight is 430 g/mol. The molecule has 154 valence electrons. The molecule has 0 radical (unpaired) electrons. The molecule has 5 rings (SSSR count). The second kappa shape index (κ2) is 8.16. The number of rotatable bonds is 7. The van der Waals surface area contributed by atoms with Gasteiger partial charge >= 0.3 is 0 Å². The molecule has 1 aromatic carbocycles. The van der Waals surface area contributed by atoms with Gasteiger partial charge in [-0.15, -0.1) is 0 Å². The Morgan fingerprint density at radius 2 is 1.90 bits per heavy atom. The molecule has 1 saturated carbocycles. The number of nitrogens with one attached hydrogen (secondary N) is 1. The summed E-state index contributed by atoms with van der Waals surface area (Å²) >= 11 is 1.60. The zero-order chi connectivity index (χ0) is 21.2. The van der Waals surface area contributed by atoms with Gasteiger partial charge in [0.15, 0.2) is 0 Å². The van der Waals surface area contributed by atoms with Crippen LogP contribution < -0.4 is 15.8 Å². The van der Waals surface area contributed by atoms with Crippen molar-refractivity contribution < 1.29 is 9.53 Å². The Kier molecular flexibility index (Phi) is 5.05. The van der Waals surface area contributed by atoms with Crippen LogP contribution in [0.15, 0.2) is 67.0 Å². The van der Waals surface area contributed by atoms with E-state index in [1.165, 1.54) is 19.0 Å². The third-order valence-corrected chi connectivity index (χ3v) is 5.93. The van der Waals surface area contributed by atoms with E-state index in [4.69, 9.17) is 15.5 Å². The average Bonchev–Trinajstić information content (AvgIpc) is 3.56. The summed E-state index contributed by atoms with van der Waals surface area (Å²) in [6.07, 6.45) is 5.46. The highest BCUT2D eigenvalue weighted by Crippen LogP contribution is 2.48. The highest BCUT2D eigenvalue weighted by molar-refractivity contribution is 7.14. The Bertz CT molecular complexity index is 1220. The van der Waals surface area contributed by atoms with Gasteiger partial charge in [-0.1, -0.05) is 41.7 Å². The van der Waals surface area contributed by atoms with Crippen LogP contribution >= 0.6 is 11.3 Å². The van der Waals surface area contributed by atoms with Gasteiger partial charge in [-0.05, 0) is 31.0 Å². The van der Waals surface area contributed by atoms with Crippen LogP contribution in [0.5, 0.6) is 10.8 Å². The van der Waals surface area contributed by atoms with E-state index in [9.17, 15) is 4.79 Å². The van der Waals surface area contributed by atoms with Crippen molar-refractivity contribution >= 4 is 28.9 Å². The van der Waals surface area contributed by atoms with E-state index in [0.29, 0.717) is 28.9 Å². The molecular weight excluding hydrogens is 410 g/mol. The molecule has 0 aliphatic heterocycles. The number of carbonyl (C=O) groups excluding carboxylic acids is 1. The Balaban J connectivity index is 1.39. The first-order chi connectivity index (χ1) is 15.2. The number of anilines is 2. The molecule has 1 aliphatic carbocycles. The molecular formula is C23H19N5O2S. The number of nitrogens with zero attached hydrogens (tertiary/aromatic N) is 3. The van der Waals surface area contributed by atoms with Crippen molar-refractivity contribution in [1.29, 1.82) is 0 Å². The molecule has 8 heteroatoms. The van der Waals surface area contributed by atoms with E-state index in [-0.39, 0.29) is 0 Å². The number of aromatic nitrogens is 3. The number of pyridine rings is 2. The van der Waals surface area contributed by atoms with E-state index in [1.807, 2.05) is 30.3 Å². The summed E-state index contributed by atoms with van der Waals surface area (Å²) in [6, 6.07) is 17.0. The van der Waals surface area contributed by atoms with Crippen molar-refractivity contribution in [3.05, 3.63) is 77.6 Å². The molecule has 0 bridgehead atoms. The van der Waals surface area contributed by atoms with Crippen LogP contribution in [0, 0.1) is 0 Å². The predicted octanol–water partition coefficient (Wildman–Crippen LogP) is 5.11. The van der Waals surface area contributed by atoms with Crippen LogP contribution in [0.2, 0.25) is 0 Å². The molecule has 7 nitrogen and oxygen atoms in total. The molecule has 0 spiro atoms. The van der Waals surface area contributed by atoms with Crippen LogP contribution in [0.1, 0.15) is 34.1 Å². The molecule has 0 atom stereocenters. The fourth-order valence-electron chi connectivity index (χ4n) is 3.07. The molecule has 0 saturated heterocycles. The highest BCUT2D eigenvalue weighted by Gasteiger charge is 2.29. The minimum atomic E-state index is -0.517. The fourth-order valence-corrected chi connectivity index (χ4v) is 4.20. The topological polar surface area (TPSA) is 103 Å². The Hall–Kier alpha value is -3.78. The summed E-state index contributed by atoms with van der Waals surface area (Å²) in [7, 11) is 0. The molecule has 4 aromatic rings. The molecule has 1 aliphatic rings. The largest absolute Gasteiger partial charge is 0.444 e. The number of carbonyl (C=O) groups is 1. The molecule has 3 aromatic heterocycles. The van der Waals surface area contributed by atoms with Crippen molar-refractivity contribution in [2.75, 3.05) is 5.32 Å². The SMILES string of the molecule is NC(=O)c1ccc(Nc2cc(Oc3sc(C4CC4)nc3-c3ccccc3)ccn2)nc1. The van der Waals surface area contributed by atoms with Crippen LogP contribution in [-0.2, 0) is 0 Å². The first-order valence-corrected chi connectivity index (χ1v) is 10.7. The lowest BCUT2D eigenvalue weighted by Gasteiger charge is -2.08. The number of amides is 1. The third-order valence-electron chi connectivity index (χ3n) is 4.83. The monoisotopic (exact) mass is 429 g/mol. The maximum absolute atomic E-state index is 11.2. The number of hydrogen-bond donors (Lipinski definition) is 2. The van der Waals surface area contributed by atoms with Crippen molar-refractivity contribution in [2.45, 2.75) is 18.8 Å². The lowest BCUT2D eigenvalue weighted by Crippen LogP contribution is -2.11. The Morgan fingerprint density at radius 3 is 2.61 bits per heavy atom. The summed E-state index contributed by atoms with van der Waals surface area (Å²) < 4.78 is 6.25. The second-order valence-corrected chi connectivity index (χ2v) is 8.22. The van der Waals surface area contributed by atoms with Gasteiger partial charge in [0.2, 0.25) is 11.0 Å². The van der Waals surface area contributed by atoms with E-state index >= 15 is 0 Å². The van der Waals surface area contributed by atoms with Crippen LogP contribution in [0.4, 0.5) is 11.6 Å². The van der Waals surface area contributed by atoms with Gasteiger partial charge in [0.05, 0.1) is 5.56 Å². The molecule has 31 heavy (non-hydrogen) atoms. The summed E-state index contributed by atoms with van der Waals surface area (Å²) in [6.45, 7) is 0. The van der Waals surface area contributed by atoms with E-state index < -0.39 is 5.91 Å². The number of ether oxygens (including phenoxy) is 1. The first kappa shape index (κ1) is 19.2. The van der Waals surface area contributed by atoms with Gasteiger partial charge in [0.25, 0.3) is 0 Å². The zero-order valence-corrected chi connectivity index (χ0v) is 17.3. The van der Waals surface area contributed by atoms with Gasteiger partial charge in [0, 0.05) is 29.9 Å². The summed E-state index contributed by atoms with van der Waals surface area (Å²) in [5.74, 6) is 1.80. The quantitative estimate of drug-likeness (QED) is 0.423. The number of primary amides is 1. The molecule has 3 heterocycles. The first-order valence-electron chi connectivity index (χ1n) is 9.88. The molecule has 1 fully saturated rings. The summed E-state index contributed by atoms with van der Waals surface area (Å²) in [5, 5.41) is 5.01. The predicted molar refractivity (Wildman–Crippen MR) is 120 cm³/mol. The minimum Gasteiger partial charge on any atom is -0.444 e.